The zero-order valence-corrected chi connectivity index (χ0v) is 23.2. The molecule has 40 heavy (non-hydrogen) atoms. The number of methoxy groups -OCH3 is 1. The van der Waals surface area contributed by atoms with Crippen LogP contribution in [0.25, 0.3) is 0 Å². The maximum absolute atomic E-state index is 14.0. The van der Waals surface area contributed by atoms with Crippen LogP contribution >= 0.6 is 0 Å². The number of benzene rings is 2. The van der Waals surface area contributed by atoms with Gasteiger partial charge in [-0.2, -0.15) is 0 Å². The van der Waals surface area contributed by atoms with E-state index in [1.807, 2.05) is 30.3 Å². The Hall–Kier alpha value is -3.53. The maximum atomic E-state index is 14.0. The van der Waals surface area contributed by atoms with E-state index in [-0.39, 0.29) is 34.8 Å². The summed E-state index contributed by atoms with van der Waals surface area (Å²) in [6.07, 6.45) is 0.630. The lowest BCUT2D eigenvalue weighted by Crippen LogP contribution is -2.70. The molecule has 9 heteroatoms. The molecule has 3 aliphatic carbocycles. The van der Waals surface area contributed by atoms with Crippen molar-refractivity contribution in [3.63, 3.8) is 0 Å². The lowest BCUT2D eigenvalue weighted by atomic mass is 9.54. The van der Waals surface area contributed by atoms with Crippen LogP contribution in [0.15, 0.2) is 47.5 Å². The van der Waals surface area contributed by atoms with E-state index >= 15 is 0 Å². The number of phenolic OH excluding ortho intramolecular Hbond substituents is 1. The fourth-order valence-corrected chi connectivity index (χ4v) is 7.36. The van der Waals surface area contributed by atoms with E-state index in [0.29, 0.717) is 19.3 Å². The number of aliphatic hydroxyl groups is 2. The predicted molar refractivity (Wildman–Crippen MR) is 147 cm³/mol. The number of allylic oxidation sites excluding steroid dienone is 1. The minimum atomic E-state index is -2.15. The number of hydrogen-bond donors (Lipinski definition) is 4. The van der Waals surface area contributed by atoms with Gasteiger partial charge in [-0.25, -0.2) is 0 Å². The number of amides is 1. The second-order valence-electron chi connectivity index (χ2n) is 11.5. The number of nitrogens with two attached hydrogens (primary N) is 1. The normalized spacial score (nSPS) is 29.6. The number of carbonyl (C=O) groups excluding carboxylic acids is 3. The number of ketones is 2. The second-order valence-corrected chi connectivity index (χ2v) is 11.5. The van der Waals surface area contributed by atoms with Gasteiger partial charge in [-0.1, -0.05) is 18.2 Å². The van der Waals surface area contributed by atoms with E-state index in [2.05, 4.69) is 0 Å². The van der Waals surface area contributed by atoms with Crippen molar-refractivity contribution in [3.8, 4) is 11.5 Å². The van der Waals surface area contributed by atoms with Crippen molar-refractivity contribution in [2.45, 2.75) is 50.4 Å². The molecule has 0 aliphatic heterocycles. The maximum Gasteiger partial charge on any atom is 0.230 e. The summed E-state index contributed by atoms with van der Waals surface area (Å²) in [7, 11) is 5.05. The van der Waals surface area contributed by atoms with E-state index < -0.39 is 47.1 Å². The van der Waals surface area contributed by atoms with Crippen molar-refractivity contribution in [3.05, 3.63) is 69.8 Å². The molecule has 0 bridgehead atoms. The number of fused-ring (bicyclic) bond motifs is 3. The number of ether oxygens (including phenoxy) is 1. The van der Waals surface area contributed by atoms with E-state index in [0.717, 1.165) is 22.4 Å². The van der Waals surface area contributed by atoms with Gasteiger partial charge in [0.1, 0.15) is 23.0 Å². The fraction of sp³-hybridized carbons (Fsp3) is 0.452. The number of likely N-dealkylation sites (N-methyl/N-ethyl adjacent to an activating group) is 1. The molecule has 1 fully saturated rings. The number of hydrogen-bond acceptors (Lipinski definition) is 8. The standard InChI is InChI=1S/C31H36N2O7/c1-15-23-18(14-21-26(33(2)3)28(36)25(30(32)38)29(37)31(15,21)39)13-20-17(10-11-22(34)24(20)27(23)35)9-8-16-6-5-7-19(12-16)40-4/h5-7,10-12,18,21,25-26,28,34,36,39H,8-9,13-14H2,1-4H3,(H2,32,38)/t18?,21?,25?,26-,28?,31+/m0/s1. The highest BCUT2D eigenvalue weighted by atomic mass is 16.5. The summed E-state index contributed by atoms with van der Waals surface area (Å²) in [6.45, 7) is 1.54. The first kappa shape index (κ1) is 28.0. The molecule has 2 aromatic rings. The van der Waals surface area contributed by atoms with Crippen LogP contribution < -0.4 is 10.5 Å². The van der Waals surface area contributed by atoms with Crippen molar-refractivity contribution in [1.82, 2.24) is 4.90 Å². The molecule has 5 rings (SSSR count). The van der Waals surface area contributed by atoms with Gasteiger partial charge in [-0.15, -0.1) is 0 Å². The Morgan fingerprint density at radius 3 is 2.55 bits per heavy atom. The van der Waals surface area contributed by atoms with Gasteiger partial charge in [-0.05, 0) is 93.1 Å². The summed E-state index contributed by atoms with van der Waals surface area (Å²) in [4.78, 5) is 41.5. The molecular weight excluding hydrogens is 512 g/mol. The van der Waals surface area contributed by atoms with Crippen LogP contribution in [-0.2, 0) is 28.9 Å². The molecule has 6 atom stereocenters. The van der Waals surface area contributed by atoms with E-state index in [1.165, 1.54) is 6.07 Å². The third kappa shape index (κ3) is 4.15. The summed E-state index contributed by atoms with van der Waals surface area (Å²) in [5.74, 6) is -4.42. The summed E-state index contributed by atoms with van der Waals surface area (Å²) >= 11 is 0. The zero-order chi connectivity index (χ0) is 29.1. The molecule has 0 spiro atoms. The van der Waals surface area contributed by atoms with Crippen LogP contribution in [0.1, 0.15) is 40.4 Å². The number of Topliss-reactive ketones (excluding diaryl/α,β-unsaturated/α-hetero) is 2. The second kappa shape index (κ2) is 10.1. The summed E-state index contributed by atoms with van der Waals surface area (Å²) in [5, 5.41) is 33.9. The van der Waals surface area contributed by atoms with Crippen molar-refractivity contribution in [2.75, 3.05) is 21.2 Å². The average molecular weight is 549 g/mol. The van der Waals surface area contributed by atoms with Crippen molar-refractivity contribution < 1.29 is 34.4 Å². The molecular formula is C31H36N2O7. The van der Waals surface area contributed by atoms with Gasteiger partial charge < -0.3 is 30.7 Å². The number of rotatable bonds is 6. The van der Waals surface area contributed by atoms with Gasteiger partial charge in [0.15, 0.2) is 11.6 Å². The molecule has 0 aromatic heterocycles. The molecule has 5 N–H and O–H groups in total. The highest BCUT2D eigenvalue weighted by Gasteiger charge is 2.64. The Bertz CT molecular complexity index is 1430. The Balaban J connectivity index is 1.58. The van der Waals surface area contributed by atoms with Crippen LogP contribution in [0, 0.1) is 17.8 Å². The molecule has 0 saturated heterocycles. The number of phenols is 1. The molecule has 1 amide bonds. The van der Waals surface area contributed by atoms with Crippen molar-refractivity contribution >= 4 is 17.5 Å². The molecule has 2 aromatic carbocycles. The molecule has 0 heterocycles. The first-order valence-corrected chi connectivity index (χ1v) is 13.5. The summed E-state index contributed by atoms with van der Waals surface area (Å²) in [6, 6.07) is 10.4. The minimum absolute atomic E-state index is 0.149. The number of aliphatic hydroxyl groups excluding tert-OH is 1. The lowest BCUT2D eigenvalue weighted by Gasteiger charge is -2.55. The van der Waals surface area contributed by atoms with Crippen LogP contribution in [0.4, 0.5) is 0 Å². The Morgan fingerprint density at radius 2 is 1.90 bits per heavy atom. The number of primary amides is 1. The zero-order valence-electron chi connectivity index (χ0n) is 23.2. The van der Waals surface area contributed by atoms with E-state index in [4.69, 9.17) is 10.5 Å². The monoisotopic (exact) mass is 548 g/mol. The molecule has 3 aliphatic rings. The Morgan fingerprint density at radius 1 is 1.18 bits per heavy atom. The van der Waals surface area contributed by atoms with Crippen molar-refractivity contribution in [2.24, 2.45) is 23.5 Å². The Labute approximate surface area is 233 Å². The van der Waals surface area contributed by atoms with Gasteiger partial charge in [0.05, 0.1) is 18.8 Å². The number of carbonyl (C=O) groups is 3. The van der Waals surface area contributed by atoms with Crippen LogP contribution in [-0.4, -0.2) is 76.6 Å². The van der Waals surface area contributed by atoms with E-state index in [9.17, 15) is 29.7 Å². The van der Waals surface area contributed by atoms with Gasteiger partial charge >= 0.3 is 0 Å². The summed E-state index contributed by atoms with van der Waals surface area (Å²) < 4.78 is 5.33. The average Bonchev–Trinajstić information content (AvgIpc) is 2.90. The number of aromatic hydroxyl groups is 1. The third-order valence-corrected chi connectivity index (χ3v) is 9.25. The SMILES string of the molecule is COc1cccc(CCc2ccc(O)c3c2CC2CC4[C@H](N(C)C)C(O)C(C(N)=O)C(=O)[C@@]4(O)C(C)=C2C3=O)c1. The van der Waals surface area contributed by atoms with Crippen LogP contribution in [0.3, 0.4) is 0 Å². The van der Waals surface area contributed by atoms with Gasteiger partial charge in [-0.3, -0.25) is 14.4 Å². The Kier molecular flexibility index (Phi) is 7.10. The smallest absolute Gasteiger partial charge is 0.230 e. The van der Waals surface area contributed by atoms with Gasteiger partial charge in [0, 0.05) is 17.5 Å². The first-order chi connectivity index (χ1) is 18.9. The fourth-order valence-electron chi connectivity index (χ4n) is 7.36. The van der Waals surface area contributed by atoms with Gasteiger partial charge in [0.25, 0.3) is 0 Å². The lowest BCUT2D eigenvalue weighted by molar-refractivity contribution is -0.173. The summed E-state index contributed by atoms with van der Waals surface area (Å²) in [5.41, 5.74) is 6.79. The molecule has 212 valence electrons. The number of aryl methyl sites for hydroxylation is 2. The minimum Gasteiger partial charge on any atom is -0.507 e. The van der Waals surface area contributed by atoms with Crippen molar-refractivity contribution in [1.29, 1.82) is 0 Å². The highest BCUT2D eigenvalue weighted by molar-refractivity contribution is 6.16. The largest absolute Gasteiger partial charge is 0.507 e. The van der Waals surface area contributed by atoms with Gasteiger partial charge in [0.2, 0.25) is 5.91 Å². The highest BCUT2D eigenvalue weighted by Crippen LogP contribution is 2.53. The quantitative estimate of drug-likeness (QED) is 0.398. The molecule has 9 nitrogen and oxygen atoms in total. The van der Waals surface area contributed by atoms with E-state index in [1.54, 1.807) is 33.0 Å². The molecule has 1 saturated carbocycles. The van der Waals surface area contributed by atoms with Crippen LogP contribution in [0.2, 0.25) is 0 Å². The topological polar surface area (TPSA) is 150 Å². The molecule has 0 radical (unpaired) electrons. The predicted octanol–water partition coefficient (Wildman–Crippen LogP) is 1.58. The van der Waals surface area contributed by atoms with Crippen LogP contribution in [0.5, 0.6) is 11.5 Å². The first-order valence-electron chi connectivity index (χ1n) is 13.5. The molecule has 4 unspecified atom stereocenters. The number of nitrogens with zero attached hydrogens (tertiary/aromatic N) is 1. The third-order valence-electron chi connectivity index (χ3n) is 9.25.